The van der Waals surface area contributed by atoms with Crippen LogP contribution in [0.5, 0.6) is 0 Å². The van der Waals surface area contributed by atoms with Crippen molar-refractivity contribution in [2.24, 2.45) is 0 Å². The van der Waals surface area contributed by atoms with Gasteiger partial charge in [0.2, 0.25) is 0 Å². The number of ether oxygens (including phenoxy) is 1. The lowest BCUT2D eigenvalue weighted by atomic mass is 10.1. The maximum absolute atomic E-state index is 9.54. The molecule has 3 atom stereocenters. The first-order valence-electron chi connectivity index (χ1n) is 6.34. The van der Waals surface area contributed by atoms with E-state index in [1.807, 2.05) is 0 Å². The molecule has 0 heterocycles. The Hall–Kier alpha value is -0.200. The molecule has 0 aromatic carbocycles. The number of hydrogen-bond donors (Lipinski definition) is 4. The number of rotatable bonds is 11. The molecule has 0 aliphatic carbocycles. The SMILES string of the molecule is CCCCCCC(O)COCC(O)C(O)CO. The van der Waals surface area contributed by atoms with Gasteiger partial charge in [-0.15, -0.1) is 0 Å². The second-order valence-electron chi connectivity index (χ2n) is 4.36. The molecule has 4 N–H and O–H groups in total. The standard InChI is InChI=1S/C12H26O5/c1-2-3-4-5-6-10(14)8-17-9-12(16)11(15)7-13/h10-16H,2-9H2,1H3. The predicted molar refractivity (Wildman–Crippen MR) is 64.7 cm³/mol. The number of aliphatic hydroxyl groups excluding tert-OH is 4. The highest BCUT2D eigenvalue weighted by molar-refractivity contribution is 4.65. The molecule has 5 heteroatoms. The summed E-state index contributed by atoms with van der Waals surface area (Å²) >= 11 is 0. The van der Waals surface area contributed by atoms with Crippen LogP contribution in [0, 0.1) is 0 Å². The van der Waals surface area contributed by atoms with Gasteiger partial charge in [0, 0.05) is 0 Å². The Balaban J connectivity index is 3.40. The lowest BCUT2D eigenvalue weighted by Crippen LogP contribution is -2.34. The Morgan fingerprint density at radius 2 is 1.65 bits per heavy atom. The fraction of sp³-hybridized carbons (Fsp3) is 1.00. The molecule has 0 aliphatic rings. The first-order chi connectivity index (χ1) is 8.11. The van der Waals surface area contributed by atoms with Gasteiger partial charge in [-0.05, 0) is 6.42 Å². The summed E-state index contributed by atoms with van der Waals surface area (Å²) in [6.45, 7) is 1.71. The Kier molecular flexibility index (Phi) is 10.8. The minimum atomic E-state index is -1.18. The monoisotopic (exact) mass is 250 g/mol. The van der Waals surface area contributed by atoms with Crippen LogP contribution in [-0.4, -0.2) is 58.6 Å². The van der Waals surface area contributed by atoms with Crippen molar-refractivity contribution in [1.82, 2.24) is 0 Å². The van der Waals surface area contributed by atoms with E-state index in [2.05, 4.69) is 6.92 Å². The van der Waals surface area contributed by atoms with Crippen LogP contribution in [-0.2, 0) is 4.74 Å². The normalized spacial score (nSPS) is 16.8. The highest BCUT2D eigenvalue weighted by atomic mass is 16.5. The van der Waals surface area contributed by atoms with Crippen LogP contribution >= 0.6 is 0 Å². The summed E-state index contributed by atoms with van der Waals surface area (Å²) in [6.07, 6.45) is 2.31. The number of aliphatic hydroxyl groups is 4. The van der Waals surface area contributed by atoms with Crippen molar-refractivity contribution in [1.29, 1.82) is 0 Å². The largest absolute Gasteiger partial charge is 0.394 e. The highest BCUT2D eigenvalue weighted by Gasteiger charge is 2.15. The van der Waals surface area contributed by atoms with Crippen molar-refractivity contribution in [3.05, 3.63) is 0 Å². The molecular weight excluding hydrogens is 224 g/mol. The molecule has 0 spiro atoms. The van der Waals surface area contributed by atoms with Gasteiger partial charge in [-0.1, -0.05) is 32.6 Å². The molecule has 0 saturated carbocycles. The minimum Gasteiger partial charge on any atom is -0.394 e. The third-order valence-corrected chi connectivity index (χ3v) is 2.62. The lowest BCUT2D eigenvalue weighted by Gasteiger charge is -2.17. The summed E-state index contributed by atoms with van der Waals surface area (Å²) in [6, 6.07) is 0. The van der Waals surface area contributed by atoms with E-state index in [0.717, 1.165) is 19.3 Å². The summed E-state index contributed by atoms with van der Waals surface area (Å²) in [5.41, 5.74) is 0. The summed E-state index contributed by atoms with van der Waals surface area (Å²) in [5, 5.41) is 36.4. The van der Waals surface area contributed by atoms with Crippen LogP contribution in [0.1, 0.15) is 39.0 Å². The van der Waals surface area contributed by atoms with Gasteiger partial charge in [0.25, 0.3) is 0 Å². The van der Waals surface area contributed by atoms with Gasteiger partial charge in [-0.25, -0.2) is 0 Å². The van der Waals surface area contributed by atoms with Crippen LogP contribution in [0.4, 0.5) is 0 Å². The van der Waals surface area contributed by atoms with E-state index < -0.39 is 24.9 Å². The molecule has 0 radical (unpaired) electrons. The average Bonchev–Trinajstić information content (AvgIpc) is 2.33. The molecule has 17 heavy (non-hydrogen) atoms. The summed E-state index contributed by atoms with van der Waals surface area (Å²) < 4.78 is 5.07. The van der Waals surface area contributed by atoms with E-state index in [-0.39, 0.29) is 13.2 Å². The topological polar surface area (TPSA) is 90.2 Å². The van der Waals surface area contributed by atoms with E-state index in [4.69, 9.17) is 14.9 Å². The molecule has 0 amide bonds. The summed E-state index contributed by atoms with van der Waals surface area (Å²) in [7, 11) is 0. The van der Waals surface area contributed by atoms with Crippen LogP contribution in [0.3, 0.4) is 0 Å². The van der Waals surface area contributed by atoms with Gasteiger partial charge in [0.15, 0.2) is 0 Å². The third-order valence-electron chi connectivity index (χ3n) is 2.62. The molecule has 0 fully saturated rings. The first kappa shape index (κ1) is 16.8. The smallest absolute Gasteiger partial charge is 0.105 e. The molecular formula is C12H26O5. The maximum atomic E-state index is 9.54. The summed E-state index contributed by atoms with van der Waals surface area (Å²) in [4.78, 5) is 0. The van der Waals surface area contributed by atoms with Crippen LogP contribution in [0.2, 0.25) is 0 Å². The zero-order valence-electron chi connectivity index (χ0n) is 10.6. The van der Waals surface area contributed by atoms with Gasteiger partial charge in [-0.2, -0.15) is 0 Å². The average molecular weight is 250 g/mol. The Morgan fingerprint density at radius 1 is 0.941 bits per heavy atom. The van der Waals surface area contributed by atoms with Crippen LogP contribution in [0.25, 0.3) is 0 Å². The van der Waals surface area contributed by atoms with Gasteiger partial charge < -0.3 is 25.2 Å². The van der Waals surface area contributed by atoms with E-state index >= 15 is 0 Å². The Bertz CT molecular complexity index is 165. The zero-order valence-corrected chi connectivity index (χ0v) is 10.6. The van der Waals surface area contributed by atoms with E-state index in [1.165, 1.54) is 6.42 Å². The molecule has 0 saturated heterocycles. The van der Waals surface area contributed by atoms with E-state index in [0.29, 0.717) is 6.42 Å². The van der Waals surface area contributed by atoms with Crippen molar-refractivity contribution in [2.75, 3.05) is 19.8 Å². The van der Waals surface area contributed by atoms with Gasteiger partial charge in [0.1, 0.15) is 12.2 Å². The molecule has 104 valence electrons. The molecule has 0 rings (SSSR count). The Labute approximate surface area is 103 Å². The van der Waals surface area contributed by atoms with Crippen LogP contribution < -0.4 is 0 Å². The Morgan fingerprint density at radius 3 is 2.24 bits per heavy atom. The fourth-order valence-corrected chi connectivity index (χ4v) is 1.45. The van der Waals surface area contributed by atoms with Crippen LogP contribution in [0.15, 0.2) is 0 Å². The lowest BCUT2D eigenvalue weighted by molar-refractivity contribution is -0.0698. The first-order valence-corrected chi connectivity index (χ1v) is 6.34. The summed E-state index contributed by atoms with van der Waals surface area (Å²) in [5.74, 6) is 0. The number of unbranched alkanes of at least 4 members (excludes halogenated alkanes) is 3. The molecule has 0 bridgehead atoms. The highest BCUT2D eigenvalue weighted by Crippen LogP contribution is 2.06. The number of hydrogen-bond acceptors (Lipinski definition) is 5. The predicted octanol–water partition coefficient (Wildman–Crippen LogP) is 0.0484. The van der Waals surface area contributed by atoms with Gasteiger partial charge in [-0.3, -0.25) is 0 Å². The van der Waals surface area contributed by atoms with Crippen molar-refractivity contribution < 1.29 is 25.2 Å². The second kappa shape index (κ2) is 10.9. The molecule has 0 aliphatic heterocycles. The molecule has 3 unspecified atom stereocenters. The van der Waals surface area contributed by atoms with E-state index in [9.17, 15) is 10.2 Å². The van der Waals surface area contributed by atoms with Gasteiger partial charge >= 0.3 is 0 Å². The van der Waals surface area contributed by atoms with Gasteiger partial charge in [0.05, 0.1) is 25.9 Å². The molecule has 0 aromatic heterocycles. The fourth-order valence-electron chi connectivity index (χ4n) is 1.45. The van der Waals surface area contributed by atoms with Crippen molar-refractivity contribution in [3.63, 3.8) is 0 Å². The van der Waals surface area contributed by atoms with E-state index in [1.54, 1.807) is 0 Å². The maximum Gasteiger partial charge on any atom is 0.105 e. The second-order valence-corrected chi connectivity index (χ2v) is 4.36. The zero-order chi connectivity index (χ0) is 13.1. The minimum absolute atomic E-state index is 0.0756. The quantitative estimate of drug-likeness (QED) is 0.389. The van der Waals surface area contributed by atoms with Crippen molar-refractivity contribution in [2.45, 2.75) is 57.3 Å². The van der Waals surface area contributed by atoms with Crippen molar-refractivity contribution in [3.8, 4) is 0 Å². The molecule has 5 nitrogen and oxygen atoms in total. The van der Waals surface area contributed by atoms with Crippen molar-refractivity contribution >= 4 is 0 Å². The molecule has 0 aromatic rings. The third kappa shape index (κ3) is 9.50.